The first kappa shape index (κ1) is 18.0. The number of aliphatic carboxylic acids is 1. The third-order valence-electron chi connectivity index (χ3n) is 2.15. The lowest BCUT2D eigenvalue weighted by atomic mass is 10.2. The van der Waals surface area contributed by atoms with Crippen LogP contribution in [0.4, 0.5) is 0 Å². The molecule has 19 heavy (non-hydrogen) atoms. The maximum Gasteiger partial charge on any atom is 0.327 e. The molecule has 110 valence electrons. The highest BCUT2D eigenvalue weighted by Crippen LogP contribution is 1.93. The zero-order valence-corrected chi connectivity index (χ0v) is 11.7. The van der Waals surface area contributed by atoms with Gasteiger partial charge in [-0.1, -0.05) is 0 Å². The number of carboxylic acids is 1. The Balaban J connectivity index is 4.56. The molecule has 3 unspecified atom stereocenters. The van der Waals surface area contributed by atoms with Crippen molar-refractivity contribution in [1.29, 1.82) is 0 Å². The van der Waals surface area contributed by atoms with E-state index in [1.165, 1.54) is 0 Å². The Labute approximate surface area is 120 Å². The molecule has 0 spiro atoms. The van der Waals surface area contributed by atoms with Gasteiger partial charge in [0.05, 0.1) is 12.6 Å². The number of hydrogen-bond acceptors (Lipinski definition) is 7. The van der Waals surface area contributed by atoms with Crippen LogP contribution in [-0.2, 0) is 14.4 Å². The van der Waals surface area contributed by atoms with E-state index in [0.717, 1.165) is 0 Å². The average Bonchev–Trinajstić information content (AvgIpc) is 2.39. The van der Waals surface area contributed by atoms with Crippen LogP contribution >= 0.6 is 25.3 Å². The molecule has 0 aromatic rings. The number of carbonyl (C=O) groups excluding carboxylic acids is 2. The molecule has 0 aliphatic carbocycles. The summed E-state index contributed by atoms with van der Waals surface area (Å²) in [6.45, 7) is -0.685. The van der Waals surface area contributed by atoms with Crippen LogP contribution in [0.1, 0.15) is 0 Å². The molecule has 2 amide bonds. The van der Waals surface area contributed by atoms with Crippen LogP contribution in [0.15, 0.2) is 0 Å². The molecule has 0 rings (SSSR count). The summed E-state index contributed by atoms with van der Waals surface area (Å²) in [6, 6.07) is -3.41. The summed E-state index contributed by atoms with van der Waals surface area (Å²) in [7, 11) is 0. The van der Waals surface area contributed by atoms with Crippen LogP contribution in [0.2, 0.25) is 0 Å². The molecular weight excluding hydrogens is 294 g/mol. The molecular formula is C9H17N3O5S2. The summed E-state index contributed by atoms with van der Waals surface area (Å²) >= 11 is 7.59. The number of nitrogens with one attached hydrogen (secondary N) is 2. The van der Waals surface area contributed by atoms with Crippen LogP contribution in [-0.4, -0.2) is 64.2 Å². The van der Waals surface area contributed by atoms with Crippen molar-refractivity contribution in [3.63, 3.8) is 0 Å². The number of rotatable bonds is 8. The van der Waals surface area contributed by atoms with Crippen molar-refractivity contribution in [2.45, 2.75) is 18.1 Å². The van der Waals surface area contributed by atoms with Gasteiger partial charge in [0.2, 0.25) is 11.8 Å². The molecule has 8 nitrogen and oxygen atoms in total. The van der Waals surface area contributed by atoms with Crippen LogP contribution in [0.3, 0.4) is 0 Å². The van der Waals surface area contributed by atoms with Crippen molar-refractivity contribution < 1.29 is 24.6 Å². The standard InChI is InChI=1S/C9H17N3O5S2/c10-4(2-18)7(14)11-5(1-13)8(15)12-6(3-19)9(16)17/h4-6,13,18-19H,1-3,10H2,(H,11,14)(H,12,15)(H,16,17). The third-order valence-corrected chi connectivity index (χ3v) is 2.90. The lowest BCUT2D eigenvalue weighted by Crippen LogP contribution is -2.56. The van der Waals surface area contributed by atoms with E-state index in [0.29, 0.717) is 0 Å². The first-order valence-electron chi connectivity index (χ1n) is 5.29. The molecule has 0 fully saturated rings. The molecule has 0 radical (unpaired) electrons. The molecule has 0 saturated carbocycles. The van der Waals surface area contributed by atoms with Gasteiger partial charge in [0.25, 0.3) is 0 Å². The van der Waals surface area contributed by atoms with Crippen LogP contribution in [0.5, 0.6) is 0 Å². The first-order valence-corrected chi connectivity index (χ1v) is 6.55. The number of aliphatic hydroxyl groups is 1. The molecule has 0 aromatic heterocycles. The van der Waals surface area contributed by atoms with E-state index in [9.17, 15) is 14.4 Å². The second kappa shape index (κ2) is 9.02. The topological polar surface area (TPSA) is 142 Å². The van der Waals surface area contributed by atoms with Gasteiger partial charge in [-0.15, -0.1) is 0 Å². The first-order chi connectivity index (χ1) is 8.87. The van der Waals surface area contributed by atoms with Crippen LogP contribution < -0.4 is 16.4 Å². The fourth-order valence-corrected chi connectivity index (χ4v) is 1.43. The minimum atomic E-state index is -1.28. The number of aliphatic hydroxyl groups excluding tert-OH is 1. The minimum Gasteiger partial charge on any atom is -0.480 e. The van der Waals surface area contributed by atoms with Gasteiger partial charge in [0, 0.05) is 11.5 Å². The monoisotopic (exact) mass is 311 g/mol. The molecule has 0 heterocycles. The van der Waals surface area contributed by atoms with Crippen molar-refractivity contribution in [3.05, 3.63) is 0 Å². The molecule has 0 aliphatic heterocycles. The molecule has 0 saturated heterocycles. The summed E-state index contributed by atoms with van der Waals surface area (Å²) in [4.78, 5) is 33.8. The largest absolute Gasteiger partial charge is 0.480 e. The molecule has 0 aromatic carbocycles. The minimum absolute atomic E-state index is 0.0694. The smallest absolute Gasteiger partial charge is 0.327 e. The third kappa shape index (κ3) is 6.14. The number of thiol groups is 2. The Morgan fingerprint density at radius 3 is 1.95 bits per heavy atom. The fraction of sp³-hybridized carbons (Fsp3) is 0.667. The van der Waals surface area contributed by atoms with E-state index in [4.69, 9.17) is 15.9 Å². The fourth-order valence-electron chi connectivity index (χ4n) is 1.01. The summed E-state index contributed by atoms with van der Waals surface area (Å²) in [5.74, 6) is -2.81. The van der Waals surface area contributed by atoms with Gasteiger partial charge in [-0.3, -0.25) is 9.59 Å². The highest BCUT2D eigenvalue weighted by Gasteiger charge is 2.26. The second-order valence-corrected chi connectivity index (χ2v) is 4.35. The zero-order valence-electron chi connectivity index (χ0n) is 9.94. The molecule has 0 aliphatic rings. The van der Waals surface area contributed by atoms with E-state index < -0.39 is 42.5 Å². The van der Waals surface area contributed by atoms with E-state index in [1.807, 2.05) is 0 Å². The van der Waals surface area contributed by atoms with Gasteiger partial charge in [-0.2, -0.15) is 25.3 Å². The Morgan fingerprint density at radius 2 is 1.58 bits per heavy atom. The van der Waals surface area contributed by atoms with Gasteiger partial charge in [0.1, 0.15) is 12.1 Å². The predicted molar refractivity (Wildman–Crippen MR) is 74.3 cm³/mol. The molecule has 3 atom stereocenters. The zero-order chi connectivity index (χ0) is 15.0. The van der Waals surface area contributed by atoms with Crippen molar-refractivity contribution in [2.24, 2.45) is 5.73 Å². The summed E-state index contributed by atoms with van der Waals surface area (Å²) in [5.41, 5.74) is 5.39. The van der Waals surface area contributed by atoms with Gasteiger partial charge >= 0.3 is 5.97 Å². The number of carboxylic acid groups (broad SMARTS) is 1. The average molecular weight is 311 g/mol. The Morgan fingerprint density at radius 1 is 1.05 bits per heavy atom. The van der Waals surface area contributed by atoms with Crippen LogP contribution in [0, 0.1) is 0 Å². The quantitative estimate of drug-likeness (QED) is 0.242. The van der Waals surface area contributed by atoms with Crippen molar-refractivity contribution >= 4 is 43.0 Å². The van der Waals surface area contributed by atoms with E-state index in [1.54, 1.807) is 0 Å². The molecule has 10 heteroatoms. The predicted octanol–water partition coefficient (Wildman–Crippen LogP) is -2.78. The van der Waals surface area contributed by atoms with Gasteiger partial charge in [0.15, 0.2) is 0 Å². The number of carbonyl (C=O) groups is 3. The molecule has 0 bridgehead atoms. The van der Waals surface area contributed by atoms with Gasteiger partial charge < -0.3 is 26.6 Å². The number of nitrogens with two attached hydrogens (primary N) is 1. The lowest BCUT2D eigenvalue weighted by molar-refractivity contribution is -0.141. The van der Waals surface area contributed by atoms with Crippen molar-refractivity contribution in [1.82, 2.24) is 10.6 Å². The lowest BCUT2D eigenvalue weighted by Gasteiger charge is -2.20. The van der Waals surface area contributed by atoms with E-state index in [-0.39, 0.29) is 11.5 Å². The normalized spacial score (nSPS) is 15.2. The summed E-state index contributed by atoms with van der Waals surface area (Å²) in [5, 5.41) is 22.1. The Hall–Kier alpha value is -0.970. The van der Waals surface area contributed by atoms with Gasteiger partial charge in [-0.05, 0) is 0 Å². The highest BCUT2D eigenvalue weighted by molar-refractivity contribution is 7.80. The Bertz CT molecular complexity index is 342. The number of hydrogen-bond donors (Lipinski definition) is 7. The van der Waals surface area contributed by atoms with E-state index >= 15 is 0 Å². The van der Waals surface area contributed by atoms with Crippen molar-refractivity contribution in [3.8, 4) is 0 Å². The Kier molecular flexibility index (Phi) is 8.56. The van der Waals surface area contributed by atoms with Crippen LogP contribution in [0.25, 0.3) is 0 Å². The molecule has 6 N–H and O–H groups in total. The SMILES string of the molecule is NC(CS)C(=O)NC(CO)C(=O)NC(CS)C(=O)O. The number of amides is 2. The maximum atomic E-state index is 11.7. The second-order valence-electron chi connectivity index (χ2n) is 3.61. The highest BCUT2D eigenvalue weighted by atomic mass is 32.1. The van der Waals surface area contributed by atoms with Crippen molar-refractivity contribution in [2.75, 3.05) is 18.1 Å². The van der Waals surface area contributed by atoms with E-state index in [2.05, 4.69) is 35.9 Å². The maximum absolute atomic E-state index is 11.7. The summed E-state index contributed by atoms with van der Waals surface area (Å²) in [6.07, 6.45) is 0. The summed E-state index contributed by atoms with van der Waals surface area (Å²) < 4.78 is 0. The van der Waals surface area contributed by atoms with Gasteiger partial charge in [-0.25, -0.2) is 4.79 Å².